The van der Waals surface area contributed by atoms with Crippen molar-refractivity contribution in [1.82, 2.24) is 4.98 Å². The first kappa shape index (κ1) is 15.9. The summed E-state index contributed by atoms with van der Waals surface area (Å²) in [4.78, 5) is 16.4. The highest BCUT2D eigenvalue weighted by molar-refractivity contribution is 6.37. The van der Waals surface area contributed by atoms with Crippen molar-refractivity contribution in [1.29, 1.82) is 0 Å². The van der Waals surface area contributed by atoms with Crippen LogP contribution in [0.1, 0.15) is 17.4 Å². The normalized spacial score (nSPS) is 10.3. The molecule has 0 radical (unpaired) electrons. The van der Waals surface area contributed by atoms with Crippen LogP contribution in [0.4, 0.5) is 11.5 Å². The van der Waals surface area contributed by atoms with Gasteiger partial charge in [-0.05, 0) is 37.3 Å². The number of amides is 1. The number of halogens is 3. The molecule has 1 aromatic carbocycles. The maximum atomic E-state index is 12.3. The molecule has 0 aliphatic carbocycles. The summed E-state index contributed by atoms with van der Waals surface area (Å²) in [5.41, 5.74) is 0.520. The molecule has 0 atom stereocenters. The van der Waals surface area contributed by atoms with Crippen molar-refractivity contribution >= 4 is 52.2 Å². The van der Waals surface area contributed by atoms with Crippen LogP contribution in [0.5, 0.6) is 0 Å². The summed E-state index contributed by atoms with van der Waals surface area (Å²) >= 11 is 17.9. The number of benzene rings is 1. The fourth-order valence-corrected chi connectivity index (χ4v) is 2.18. The Labute approximate surface area is 137 Å². The molecule has 0 aliphatic rings. The van der Waals surface area contributed by atoms with Gasteiger partial charge in [-0.1, -0.05) is 34.8 Å². The van der Waals surface area contributed by atoms with Crippen LogP contribution in [0.15, 0.2) is 30.3 Å². The second-order valence-corrected chi connectivity index (χ2v) is 5.39. The molecule has 2 aromatic rings. The van der Waals surface area contributed by atoms with Gasteiger partial charge >= 0.3 is 0 Å². The van der Waals surface area contributed by atoms with E-state index in [9.17, 15) is 4.79 Å². The van der Waals surface area contributed by atoms with Crippen molar-refractivity contribution in [2.45, 2.75) is 6.92 Å². The Bertz CT molecular complexity index is 677. The van der Waals surface area contributed by atoms with Crippen LogP contribution in [0.25, 0.3) is 0 Å². The lowest BCUT2D eigenvalue weighted by atomic mass is 10.3. The Balaban J connectivity index is 2.27. The minimum Gasteiger partial charge on any atom is -0.370 e. The van der Waals surface area contributed by atoms with Gasteiger partial charge in [-0.15, -0.1) is 0 Å². The number of pyridine rings is 1. The molecule has 0 unspecified atom stereocenters. The van der Waals surface area contributed by atoms with E-state index in [1.165, 1.54) is 0 Å². The highest BCUT2D eigenvalue weighted by Gasteiger charge is 2.15. The van der Waals surface area contributed by atoms with Crippen molar-refractivity contribution in [2.24, 2.45) is 0 Å². The zero-order chi connectivity index (χ0) is 15.4. The van der Waals surface area contributed by atoms with Gasteiger partial charge in [0.05, 0.1) is 15.7 Å². The number of hydrogen-bond acceptors (Lipinski definition) is 3. The molecule has 0 saturated heterocycles. The van der Waals surface area contributed by atoms with Gasteiger partial charge in [0.2, 0.25) is 0 Å². The van der Waals surface area contributed by atoms with E-state index in [0.29, 0.717) is 28.1 Å². The van der Waals surface area contributed by atoms with E-state index < -0.39 is 5.91 Å². The van der Waals surface area contributed by atoms with E-state index in [1.54, 1.807) is 30.3 Å². The molecular formula is C14H12Cl3N3O. The third-order valence-corrected chi connectivity index (χ3v) is 3.47. The first-order valence-electron chi connectivity index (χ1n) is 6.18. The SMILES string of the molecule is CCNc1ccc(Cl)c(C(=O)Nc2cc(Cl)ccc2Cl)n1. The molecule has 0 aliphatic heterocycles. The Morgan fingerprint density at radius 1 is 1.14 bits per heavy atom. The highest BCUT2D eigenvalue weighted by Crippen LogP contribution is 2.26. The Kier molecular flexibility index (Phi) is 5.28. The van der Waals surface area contributed by atoms with Gasteiger partial charge in [-0.25, -0.2) is 4.98 Å². The quantitative estimate of drug-likeness (QED) is 0.843. The smallest absolute Gasteiger partial charge is 0.275 e. The van der Waals surface area contributed by atoms with E-state index >= 15 is 0 Å². The standard InChI is InChI=1S/C14H12Cl3N3O/c1-2-18-12-6-5-10(17)13(20-12)14(21)19-11-7-8(15)3-4-9(11)16/h3-7H,2H2,1H3,(H,18,20)(H,19,21). The molecule has 21 heavy (non-hydrogen) atoms. The van der Waals surface area contributed by atoms with Crippen molar-refractivity contribution in [2.75, 3.05) is 17.2 Å². The van der Waals surface area contributed by atoms with E-state index in [4.69, 9.17) is 34.8 Å². The van der Waals surface area contributed by atoms with Crippen molar-refractivity contribution < 1.29 is 4.79 Å². The molecule has 2 rings (SSSR count). The number of anilines is 2. The summed E-state index contributed by atoms with van der Waals surface area (Å²) in [5, 5.41) is 6.77. The van der Waals surface area contributed by atoms with Crippen molar-refractivity contribution in [3.8, 4) is 0 Å². The minimum absolute atomic E-state index is 0.117. The van der Waals surface area contributed by atoms with E-state index in [-0.39, 0.29) is 10.7 Å². The number of carbonyl (C=O) groups excluding carboxylic acids is 1. The molecular weight excluding hydrogens is 333 g/mol. The third-order valence-electron chi connectivity index (χ3n) is 2.60. The fourth-order valence-electron chi connectivity index (χ4n) is 1.66. The fraction of sp³-hybridized carbons (Fsp3) is 0.143. The van der Waals surface area contributed by atoms with Crippen LogP contribution in [0.2, 0.25) is 15.1 Å². The Morgan fingerprint density at radius 2 is 1.86 bits per heavy atom. The van der Waals surface area contributed by atoms with Crippen LogP contribution in [0.3, 0.4) is 0 Å². The van der Waals surface area contributed by atoms with Crippen LogP contribution in [-0.4, -0.2) is 17.4 Å². The first-order chi connectivity index (χ1) is 10.0. The number of rotatable bonds is 4. The predicted molar refractivity (Wildman–Crippen MR) is 87.8 cm³/mol. The molecule has 4 nitrogen and oxygen atoms in total. The molecule has 1 amide bonds. The largest absolute Gasteiger partial charge is 0.370 e. The van der Waals surface area contributed by atoms with Crippen LogP contribution < -0.4 is 10.6 Å². The van der Waals surface area contributed by atoms with Crippen molar-refractivity contribution in [3.05, 3.63) is 51.1 Å². The summed E-state index contributed by atoms with van der Waals surface area (Å²) < 4.78 is 0. The molecule has 0 fully saturated rings. The zero-order valence-corrected chi connectivity index (χ0v) is 13.4. The van der Waals surface area contributed by atoms with Crippen LogP contribution in [-0.2, 0) is 0 Å². The molecule has 0 bridgehead atoms. The van der Waals surface area contributed by atoms with Gasteiger partial charge in [-0.3, -0.25) is 4.79 Å². The molecule has 0 saturated carbocycles. The number of carbonyl (C=O) groups is 1. The van der Waals surface area contributed by atoms with Gasteiger partial charge in [0, 0.05) is 11.6 Å². The summed E-state index contributed by atoms with van der Waals surface area (Å²) in [7, 11) is 0. The maximum absolute atomic E-state index is 12.3. The maximum Gasteiger partial charge on any atom is 0.275 e. The van der Waals surface area contributed by atoms with E-state index in [0.717, 1.165) is 0 Å². The average Bonchev–Trinajstić information content (AvgIpc) is 2.45. The Morgan fingerprint density at radius 3 is 2.57 bits per heavy atom. The lowest BCUT2D eigenvalue weighted by molar-refractivity contribution is 0.102. The molecule has 1 aromatic heterocycles. The highest BCUT2D eigenvalue weighted by atomic mass is 35.5. The van der Waals surface area contributed by atoms with E-state index in [2.05, 4.69) is 15.6 Å². The summed E-state index contributed by atoms with van der Waals surface area (Å²) in [6.07, 6.45) is 0. The zero-order valence-electron chi connectivity index (χ0n) is 11.1. The molecule has 2 N–H and O–H groups in total. The number of aromatic nitrogens is 1. The van der Waals surface area contributed by atoms with Gasteiger partial charge in [0.25, 0.3) is 5.91 Å². The molecule has 110 valence electrons. The number of hydrogen-bond donors (Lipinski definition) is 2. The number of nitrogens with one attached hydrogen (secondary N) is 2. The van der Waals surface area contributed by atoms with Gasteiger partial charge in [0.15, 0.2) is 0 Å². The summed E-state index contributed by atoms with van der Waals surface area (Å²) in [6, 6.07) is 8.11. The second-order valence-electron chi connectivity index (χ2n) is 4.14. The second kappa shape index (κ2) is 6.98. The topological polar surface area (TPSA) is 54.0 Å². The van der Waals surface area contributed by atoms with Crippen LogP contribution >= 0.6 is 34.8 Å². The molecule has 1 heterocycles. The van der Waals surface area contributed by atoms with Gasteiger partial charge in [0.1, 0.15) is 11.5 Å². The van der Waals surface area contributed by atoms with Gasteiger partial charge in [-0.2, -0.15) is 0 Å². The average molecular weight is 345 g/mol. The van der Waals surface area contributed by atoms with Gasteiger partial charge < -0.3 is 10.6 Å². The monoisotopic (exact) mass is 343 g/mol. The first-order valence-corrected chi connectivity index (χ1v) is 7.31. The minimum atomic E-state index is -0.455. The molecule has 7 heteroatoms. The third kappa shape index (κ3) is 4.00. The van der Waals surface area contributed by atoms with E-state index in [1.807, 2.05) is 6.92 Å². The van der Waals surface area contributed by atoms with Crippen LogP contribution in [0, 0.1) is 0 Å². The lowest BCUT2D eigenvalue weighted by Gasteiger charge is -2.10. The predicted octanol–water partition coefficient (Wildman–Crippen LogP) is 4.73. The lowest BCUT2D eigenvalue weighted by Crippen LogP contribution is -2.15. The molecule has 0 spiro atoms. The van der Waals surface area contributed by atoms with Crippen molar-refractivity contribution in [3.63, 3.8) is 0 Å². The number of nitrogens with zero attached hydrogens (tertiary/aromatic N) is 1. The summed E-state index contributed by atoms with van der Waals surface area (Å²) in [6.45, 7) is 2.62. The summed E-state index contributed by atoms with van der Waals surface area (Å²) in [5.74, 6) is 0.119. The Hall–Kier alpha value is -1.49.